The first kappa shape index (κ1) is 17.2. The Hall–Kier alpha value is -2.19. The van der Waals surface area contributed by atoms with E-state index in [1.807, 2.05) is 0 Å². The summed E-state index contributed by atoms with van der Waals surface area (Å²) in [6.45, 7) is 3.30. The van der Waals surface area contributed by atoms with E-state index in [1.165, 1.54) is 7.11 Å². The number of fused-ring (bicyclic) bond motifs is 1. The minimum Gasteiger partial charge on any atom is -0.494 e. The Balaban J connectivity index is 1.75. The molecule has 26 heavy (non-hydrogen) atoms. The molecule has 2 aliphatic heterocycles. The van der Waals surface area contributed by atoms with Crippen molar-refractivity contribution in [2.24, 2.45) is 0 Å². The predicted octanol–water partition coefficient (Wildman–Crippen LogP) is 2.28. The second kappa shape index (κ2) is 7.20. The number of thiazole rings is 1. The number of carbonyl (C=O) groups excluding carboxylic acids is 1. The lowest BCUT2D eigenvalue weighted by atomic mass is 9.93. The largest absolute Gasteiger partial charge is 0.494 e. The Morgan fingerprint density at radius 2 is 2.19 bits per heavy atom. The molecule has 0 radical (unpaired) electrons. The molecule has 4 rings (SSSR count). The Bertz CT molecular complexity index is 820. The average Bonchev–Trinajstić information content (AvgIpc) is 3.03. The van der Waals surface area contributed by atoms with Gasteiger partial charge in [-0.2, -0.15) is 0 Å². The fourth-order valence-electron chi connectivity index (χ4n) is 3.38. The molecule has 8 heteroatoms. The van der Waals surface area contributed by atoms with Crippen LogP contribution in [0, 0.1) is 5.82 Å². The maximum Gasteiger partial charge on any atom is 0.221 e. The molecule has 0 spiro atoms. The summed E-state index contributed by atoms with van der Waals surface area (Å²) in [5.74, 6) is -0.696. The minimum atomic E-state index is -0.415. The van der Waals surface area contributed by atoms with Gasteiger partial charge in [-0.25, -0.2) is 9.37 Å². The van der Waals surface area contributed by atoms with Crippen molar-refractivity contribution in [3.63, 3.8) is 0 Å². The number of amides is 1. The fourth-order valence-corrected chi connectivity index (χ4v) is 4.63. The van der Waals surface area contributed by atoms with E-state index in [9.17, 15) is 9.18 Å². The summed E-state index contributed by atoms with van der Waals surface area (Å²) in [5, 5.41) is 3.78. The molecule has 3 heterocycles. The van der Waals surface area contributed by atoms with Crippen LogP contribution in [0.3, 0.4) is 0 Å². The van der Waals surface area contributed by atoms with Crippen molar-refractivity contribution in [3.8, 4) is 5.75 Å². The third-order valence-corrected chi connectivity index (χ3v) is 6.02. The predicted molar refractivity (Wildman–Crippen MR) is 96.4 cm³/mol. The number of hydrogen-bond acceptors (Lipinski definition) is 6. The first-order chi connectivity index (χ1) is 12.7. The summed E-state index contributed by atoms with van der Waals surface area (Å²) in [5.41, 5.74) is 1.29. The van der Waals surface area contributed by atoms with E-state index in [4.69, 9.17) is 14.5 Å². The molecule has 1 aromatic heterocycles. The number of anilines is 1. The van der Waals surface area contributed by atoms with Crippen LogP contribution in [0.2, 0.25) is 0 Å². The molecule has 6 nitrogen and oxygen atoms in total. The zero-order valence-corrected chi connectivity index (χ0v) is 15.3. The van der Waals surface area contributed by atoms with Gasteiger partial charge >= 0.3 is 0 Å². The van der Waals surface area contributed by atoms with E-state index in [0.717, 1.165) is 28.8 Å². The topological polar surface area (TPSA) is 63.7 Å². The maximum absolute atomic E-state index is 14.9. The van der Waals surface area contributed by atoms with Gasteiger partial charge in [0.05, 0.1) is 32.6 Å². The standard InChI is InChI=1S/C18H20FN3O3S/c1-24-14-4-2-3-11(16(14)19)12-9-15(23)20-10-13-17(12)26-18(21-13)22-5-7-25-8-6-22/h2-4,12H,5-10H2,1H3,(H,20,23)/t12-/m0/s1. The monoisotopic (exact) mass is 377 g/mol. The second-order valence-electron chi connectivity index (χ2n) is 6.30. The van der Waals surface area contributed by atoms with Gasteiger partial charge < -0.3 is 19.7 Å². The molecule has 1 N–H and O–H groups in total. The van der Waals surface area contributed by atoms with E-state index in [-0.39, 0.29) is 24.0 Å². The number of halogens is 1. The van der Waals surface area contributed by atoms with Gasteiger partial charge in [-0.15, -0.1) is 11.3 Å². The number of nitrogens with zero attached hydrogens (tertiary/aromatic N) is 2. The van der Waals surface area contributed by atoms with Crippen molar-refractivity contribution in [1.29, 1.82) is 0 Å². The van der Waals surface area contributed by atoms with Crippen LogP contribution in [0.5, 0.6) is 5.75 Å². The fraction of sp³-hybridized carbons (Fsp3) is 0.444. The summed E-state index contributed by atoms with van der Waals surface area (Å²) in [6.07, 6.45) is 0.196. The number of methoxy groups -OCH3 is 1. The van der Waals surface area contributed by atoms with Crippen molar-refractivity contribution >= 4 is 22.4 Å². The Labute approximate surface area is 154 Å². The highest BCUT2D eigenvalue weighted by Gasteiger charge is 2.31. The molecule has 1 amide bonds. The van der Waals surface area contributed by atoms with Gasteiger partial charge in [0.2, 0.25) is 5.91 Å². The highest BCUT2D eigenvalue weighted by molar-refractivity contribution is 7.15. The highest BCUT2D eigenvalue weighted by Crippen LogP contribution is 2.41. The van der Waals surface area contributed by atoms with Gasteiger partial charge in [-0.3, -0.25) is 4.79 Å². The molecule has 1 fully saturated rings. The van der Waals surface area contributed by atoms with Gasteiger partial charge in [0.25, 0.3) is 0 Å². The molecule has 2 aromatic rings. The SMILES string of the molecule is COc1cccc([C@@H]2CC(=O)NCc3nc(N4CCOCC4)sc32)c1F. The molecular formula is C18H20FN3O3S. The summed E-state index contributed by atoms with van der Waals surface area (Å²) in [4.78, 5) is 20.0. The average molecular weight is 377 g/mol. The number of benzene rings is 1. The van der Waals surface area contributed by atoms with Crippen LogP contribution in [0.15, 0.2) is 18.2 Å². The van der Waals surface area contributed by atoms with Crippen molar-refractivity contribution < 1.29 is 18.7 Å². The van der Waals surface area contributed by atoms with Gasteiger partial charge in [0.1, 0.15) is 0 Å². The summed E-state index contributed by atoms with van der Waals surface area (Å²) in [7, 11) is 1.44. The number of aromatic nitrogens is 1. The Kier molecular flexibility index (Phi) is 4.78. The number of morpholine rings is 1. The molecule has 0 bridgehead atoms. The molecule has 0 saturated carbocycles. The van der Waals surface area contributed by atoms with E-state index >= 15 is 0 Å². The minimum absolute atomic E-state index is 0.102. The van der Waals surface area contributed by atoms with Gasteiger partial charge in [0, 0.05) is 35.9 Å². The van der Waals surface area contributed by atoms with Gasteiger partial charge in [0.15, 0.2) is 16.7 Å². The van der Waals surface area contributed by atoms with Crippen LogP contribution in [0.4, 0.5) is 9.52 Å². The zero-order valence-electron chi connectivity index (χ0n) is 14.5. The summed E-state index contributed by atoms with van der Waals surface area (Å²) >= 11 is 1.54. The second-order valence-corrected chi connectivity index (χ2v) is 7.31. The van der Waals surface area contributed by atoms with E-state index in [2.05, 4.69) is 10.2 Å². The number of rotatable bonds is 3. The molecule has 1 aromatic carbocycles. The van der Waals surface area contributed by atoms with Crippen molar-refractivity contribution in [3.05, 3.63) is 40.2 Å². The summed E-state index contributed by atoms with van der Waals surface area (Å²) in [6, 6.07) is 5.06. The molecular weight excluding hydrogens is 357 g/mol. The van der Waals surface area contributed by atoms with Crippen LogP contribution in [-0.4, -0.2) is 44.3 Å². The lowest BCUT2D eigenvalue weighted by molar-refractivity contribution is -0.121. The quantitative estimate of drug-likeness (QED) is 0.889. The van der Waals surface area contributed by atoms with Crippen LogP contribution >= 0.6 is 11.3 Å². The number of carbonyl (C=O) groups is 1. The van der Waals surface area contributed by atoms with Gasteiger partial charge in [-0.1, -0.05) is 12.1 Å². The lowest BCUT2D eigenvalue weighted by Gasteiger charge is -2.26. The third kappa shape index (κ3) is 3.14. The maximum atomic E-state index is 14.9. The molecule has 138 valence electrons. The normalized spacial score (nSPS) is 20.3. The van der Waals surface area contributed by atoms with E-state index < -0.39 is 5.82 Å². The Morgan fingerprint density at radius 1 is 1.38 bits per heavy atom. The number of hydrogen-bond donors (Lipinski definition) is 1. The van der Waals surface area contributed by atoms with E-state index in [0.29, 0.717) is 25.3 Å². The molecule has 1 saturated heterocycles. The zero-order chi connectivity index (χ0) is 18.1. The Morgan fingerprint density at radius 3 is 2.96 bits per heavy atom. The first-order valence-electron chi connectivity index (χ1n) is 8.58. The number of nitrogens with one attached hydrogen (secondary N) is 1. The van der Waals surface area contributed by atoms with Crippen LogP contribution in [-0.2, 0) is 16.1 Å². The number of ether oxygens (including phenoxy) is 2. The van der Waals surface area contributed by atoms with Crippen LogP contribution < -0.4 is 15.0 Å². The smallest absolute Gasteiger partial charge is 0.221 e. The molecule has 0 unspecified atom stereocenters. The summed E-state index contributed by atoms with van der Waals surface area (Å²) < 4.78 is 25.4. The molecule has 1 atom stereocenters. The van der Waals surface area contributed by atoms with Crippen molar-refractivity contribution in [1.82, 2.24) is 10.3 Å². The van der Waals surface area contributed by atoms with E-state index in [1.54, 1.807) is 29.5 Å². The first-order valence-corrected chi connectivity index (χ1v) is 9.40. The third-order valence-electron chi connectivity index (χ3n) is 4.75. The highest BCUT2D eigenvalue weighted by atomic mass is 32.1. The van der Waals surface area contributed by atoms with Crippen molar-refractivity contribution in [2.75, 3.05) is 38.3 Å². The molecule has 2 aliphatic rings. The van der Waals surface area contributed by atoms with Crippen molar-refractivity contribution in [2.45, 2.75) is 18.9 Å². The molecule has 0 aliphatic carbocycles. The van der Waals surface area contributed by atoms with Crippen LogP contribution in [0.25, 0.3) is 0 Å². The lowest BCUT2D eigenvalue weighted by Crippen LogP contribution is -2.36. The van der Waals surface area contributed by atoms with Crippen LogP contribution in [0.1, 0.15) is 28.5 Å². The van der Waals surface area contributed by atoms with Gasteiger partial charge in [-0.05, 0) is 6.07 Å².